The molecule has 5 rings (SSSR count). The van der Waals surface area contributed by atoms with Gasteiger partial charge >= 0.3 is 0 Å². The van der Waals surface area contributed by atoms with Gasteiger partial charge in [-0.25, -0.2) is 9.97 Å². The molecular weight excluding hydrogens is 420 g/mol. The van der Waals surface area contributed by atoms with Crippen molar-refractivity contribution in [1.82, 2.24) is 14.6 Å². The van der Waals surface area contributed by atoms with Crippen LogP contribution in [-0.4, -0.2) is 26.8 Å². The van der Waals surface area contributed by atoms with Crippen molar-refractivity contribution in [3.05, 3.63) is 81.5 Å². The number of aryl methyl sites for hydroxylation is 2. The Morgan fingerprint density at radius 1 is 1.06 bits per heavy atom. The summed E-state index contributed by atoms with van der Waals surface area (Å²) >= 11 is 1.55. The number of carbonyl (C=O) groups is 1. The van der Waals surface area contributed by atoms with Crippen LogP contribution < -0.4 is 11.1 Å². The first-order valence-corrected chi connectivity index (χ1v) is 10.9. The number of aromatic nitrogens is 3. The molecule has 0 unspecified atom stereocenters. The molecule has 0 fully saturated rings. The lowest BCUT2D eigenvalue weighted by atomic mass is 10.1. The van der Waals surface area contributed by atoms with Gasteiger partial charge in [-0.1, -0.05) is 24.3 Å². The van der Waals surface area contributed by atoms with Crippen molar-refractivity contribution < 1.29 is 4.79 Å². The van der Waals surface area contributed by atoms with Crippen LogP contribution >= 0.6 is 11.3 Å². The summed E-state index contributed by atoms with van der Waals surface area (Å²) in [6, 6.07) is 17.2. The van der Waals surface area contributed by atoms with Gasteiger partial charge in [0.05, 0.1) is 17.2 Å². The lowest BCUT2D eigenvalue weighted by Crippen LogP contribution is -2.14. The summed E-state index contributed by atoms with van der Waals surface area (Å²) in [5.41, 5.74) is 11.8. The molecule has 0 aliphatic rings. The minimum Gasteiger partial charge on any atom is -0.383 e. The first-order chi connectivity index (χ1) is 15.5. The molecule has 3 heterocycles. The number of nitrogen functional groups attached to an aromatic ring is 1. The van der Waals surface area contributed by atoms with E-state index in [0.717, 1.165) is 16.0 Å². The average Bonchev–Trinajstić information content (AvgIpc) is 3.39. The van der Waals surface area contributed by atoms with Crippen LogP contribution in [0, 0.1) is 13.8 Å². The highest BCUT2D eigenvalue weighted by Crippen LogP contribution is 2.29. The maximum atomic E-state index is 13.3. The number of nitrogens with two attached hydrogens (primary N) is 1. The fourth-order valence-electron chi connectivity index (χ4n) is 3.48. The summed E-state index contributed by atoms with van der Waals surface area (Å²) in [4.78, 5) is 23.7. The van der Waals surface area contributed by atoms with E-state index >= 15 is 0 Å². The van der Waals surface area contributed by atoms with Crippen LogP contribution in [0.25, 0.3) is 22.2 Å². The highest BCUT2D eigenvalue weighted by atomic mass is 32.1. The first kappa shape index (κ1) is 19.9. The third-order valence-corrected chi connectivity index (χ3v) is 6.12. The summed E-state index contributed by atoms with van der Waals surface area (Å²) in [7, 11) is 0. The molecule has 3 N–H and O–H groups in total. The van der Waals surface area contributed by atoms with Gasteiger partial charge < -0.3 is 11.1 Å². The van der Waals surface area contributed by atoms with Gasteiger partial charge in [0.2, 0.25) is 0 Å². The topological polar surface area (TPSA) is 98.2 Å². The molecule has 1 amide bonds. The molecule has 0 aliphatic heterocycles. The molecule has 32 heavy (non-hydrogen) atoms. The van der Waals surface area contributed by atoms with E-state index < -0.39 is 0 Å². The monoisotopic (exact) mass is 440 g/mol. The van der Waals surface area contributed by atoms with Gasteiger partial charge in [0.25, 0.3) is 5.91 Å². The predicted molar refractivity (Wildman–Crippen MR) is 131 cm³/mol. The average molecular weight is 441 g/mol. The quantitative estimate of drug-likeness (QED) is 0.385. The van der Waals surface area contributed by atoms with E-state index in [2.05, 4.69) is 10.4 Å². The Hall–Kier alpha value is -4.04. The molecule has 5 aromatic rings. The van der Waals surface area contributed by atoms with Crippen LogP contribution in [0.5, 0.6) is 0 Å². The van der Waals surface area contributed by atoms with E-state index in [1.165, 1.54) is 4.68 Å². The van der Waals surface area contributed by atoms with Gasteiger partial charge in [-0.15, -0.1) is 11.3 Å². The highest BCUT2D eigenvalue weighted by molar-refractivity contribution is 7.11. The zero-order valence-corrected chi connectivity index (χ0v) is 18.4. The van der Waals surface area contributed by atoms with Crippen molar-refractivity contribution in [1.29, 1.82) is 0 Å². The minimum atomic E-state index is -0.356. The number of thiophene rings is 1. The molecule has 0 saturated heterocycles. The summed E-state index contributed by atoms with van der Waals surface area (Å²) in [5.74, 6) is -0.171. The third kappa shape index (κ3) is 3.50. The number of hydrogen-bond acceptors (Lipinski definition) is 6. The normalized spacial score (nSPS) is 11.6. The van der Waals surface area contributed by atoms with Gasteiger partial charge in [0.15, 0.2) is 5.65 Å². The largest absolute Gasteiger partial charge is 0.383 e. The second-order valence-corrected chi connectivity index (χ2v) is 8.45. The van der Waals surface area contributed by atoms with Gasteiger partial charge in [0.1, 0.15) is 16.9 Å². The second-order valence-electron chi connectivity index (χ2n) is 7.47. The number of fused-ring (bicyclic) bond motifs is 2. The lowest BCUT2D eigenvalue weighted by molar-refractivity contribution is 0.102. The Bertz CT molecular complexity index is 1500. The summed E-state index contributed by atoms with van der Waals surface area (Å²) in [6.07, 6.45) is 1.70. The Morgan fingerprint density at radius 3 is 2.56 bits per heavy atom. The number of para-hydroxylation sites is 2. The third-order valence-electron chi connectivity index (χ3n) is 5.31. The molecule has 3 aromatic heterocycles. The number of nitrogens with zero attached hydrogens (tertiary/aromatic N) is 4. The van der Waals surface area contributed by atoms with Gasteiger partial charge in [-0.2, -0.15) is 9.78 Å². The van der Waals surface area contributed by atoms with Crippen LogP contribution in [0.2, 0.25) is 0 Å². The number of amides is 1. The molecule has 0 radical (unpaired) electrons. The molecule has 158 valence electrons. The van der Waals surface area contributed by atoms with Crippen LogP contribution in [0.1, 0.15) is 26.4 Å². The molecular formula is C24H20N6OS. The summed E-state index contributed by atoms with van der Waals surface area (Å²) < 4.78 is 1.48. The lowest BCUT2D eigenvalue weighted by Gasteiger charge is -2.08. The van der Waals surface area contributed by atoms with Crippen molar-refractivity contribution in [3.63, 3.8) is 0 Å². The van der Waals surface area contributed by atoms with E-state index in [-0.39, 0.29) is 17.3 Å². The van der Waals surface area contributed by atoms with Gasteiger partial charge in [-0.3, -0.25) is 4.79 Å². The molecule has 0 atom stereocenters. The maximum absolute atomic E-state index is 13.3. The zero-order chi connectivity index (χ0) is 22.2. The SMILES string of the molecule is Cc1ccc(NC(=O)c2c(N)n(N=Cc3cccs3)c3nc4ccccc4nc23)cc1C. The first-order valence-electron chi connectivity index (χ1n) is 10.0. The fraction of sp³-hybridized carbons (Fsp3) is 0.0833. The molecule has 0 saturated carbocycles. The molecule has 0 spiro atoms. The van der Waals surface area contributed by atoms with E-state index in [4.69, 9.17) is 15.7 Å². The smallest absolute Gasteiger partial charge is 0.261 e. The van der Waals surface area contributed by atoms with E-state index in [1.54, 1.807) is 17.6 Å². The van der Waals surface area contributed by atoms with Crippen molar-refractivity contribution in [2.45, 2.75) is 13.8 Å². The number of benzene rings is 2. The number of hydrogen-bond donors (Lipinski definition) is 2. The van der Waals surface area contributed by atoms with Crippen LogP contribution in [-0.2, 0) is 0 Å². The standard InChI is InChI=1S/C24H20N6OS/c1-14-9-10-16(12-15(14)2)27-24(31)20-21-23(29-19-8-4-3-7-18(19)28-21)30(22(20)25)26-13-17-6-5-11-32-17/h3-13H,25H2,1-2H3,(H,27,31). The van der Waals surface area contributed by atoms with Crippen LogP contribution in [0.15, 0.2) is 65.1 Å². The van der Waals surface area contributed by atoms with Crippen molar-refractivity contribution in [3.8, 4) is 0 Å². The Labute approximate surface area is 188 Å². The van der Waals surface area contributed by atoms with Crippen LogP contribution in [0.3, 0.4) is 0 Å². The van der Waals surface area contributed by atoms with E-state index in [0.29, 0.717) is 27.9 Å². The number of carbonyl (C=O) groups excluding carboxylic acids is 1. The molecule has 0 bridgehead atoms. The Kier molecular flexibility index (Phi) is 4.91. The van der Waals surface area contributed by atoms with Gasteiger partial charge in [-0.05, 0) is 60.7 Å². The summed E-state index contributed by atoms with van der Waals surface area (Å²) in [6.45, 7) is 4.03. The molecule has 7 nitrogen and oxygen atoms in total. The van der Waals surface area contributed by atoms with Crippen molar-refractivity contribution in [2.75, 3.05) is 11.1 Å². The van der Waals surface area contributed by atoms with Crippen molar-refractivity contribution >= 4 is 57.2 Å². The number of rotatable bonds is 4. The Balaban J connectivity index is 1.66. The molecule has 8 heteroatoms. The maximum Gasteiger partial charge on any atom is 0.261 e. The molecule has 2 aromatic carbocycles. The number of anilines is 2. The van der Waals surface area contributed by atoms with E-state index in [9.17, 15) is 4.79 Å². The Morgan fingerprint density at radius 2 is 1.84 bits per heavy atom. The van der Waals surface area contributed by atoms with Gasteiger partial charge in [0, 0.05) is 10.6 Å². The minimum absolute atomic E-state index is 0.185. The van der Waals surface area contributed by atoms with E-state index in [1.807, 2.05) is 73.8 Å². The zero-order valence-electron chi connectivity index (χ0n) is 17.5. The summed E-state index contributed by atoms with van der Waals surface area (Å²) in [5, 5.41) is 9.42. The fourth-order valence-corrected chi connectivity index (χ4v) is 4.06. The molecule has 0 aliphatic carbocycles. The second kappa shape index (κ2) is 7.90. The van der Waals surface area contributed by atoms with Crippen LogP contribution in [0.4, 0.5) is 11.5 Å². The van der Waals surface area contributed by atoms with Crippen molar-refractivity contribution in [2.24, 2.45) is 5.10 Å². The number of nitrogens with one attached hydrogen (secondary N) is 1. The predicted octanol–water partition coefficient (Wildman–Crippen LogP) is 4.98. The highest BCUT2D eigenvalue weighted by Gasteiger charge is 2.24.